The number of nitrogens with two attached hydrogens (primary N) is 1. The highest BCUT2D eigenvalue weighted by atomic mass is 35.5. The molecule has 17 heavy (non-hydrogen) atoms. The highest BCUT2D eigenvalue weighted by Gasteiger charge is 2.16. The third kappa shape index (κ3) is 2.69. The van der Waals surface area contributed by atoms with Gasteiger partial charge in [0.15, 0.2) is 5.29 Å². The van der Waals surface area contributed by atoms with Crippen LogP contribution in [0.5, 0.6) is 0 Å². The number of anilines is 1. The fourth-order valence-electron chi connectivity index (χ4n) is 2.03. The van der Waals surface area contributed by atoms with Crippen molar-refractivity contribution in [3.05, 3.63) is 23.3 Å². The molecule has 0 amide bonds. The topological polar surface area (TPSA) is 73.9 Å². The number of amidine groups is 1. The van der Waals surface area contributed by atoms with E-state index in [2.05, 4.69) is 22.4 Å². The summed E-state index contributed by atoms with van der Waals surface area (Å²) in [6, 6.07) is 3.79. The number of likely N-dealkylation sites (N-methyl/N-ethyl adjacent to an activating group) is 1. The van der Waals surface area contributed by atoms with Gasteiger partial charge in [0.25, 0.3) is 0 Å². The first-order valence-corrected chi connectivity index (χ1v) is 5.72. The van der Waals surface area contributed by atoms with Gasteiger partial charge in [0.2, 0.25) is 0 Å². The molecule has 92 valence electrons. The molecule has 1 aromatic carbocycles. The first kappa shape index (κ1) is 12.2. The Labute approximate surface area is 105 Å². The number of nitrogens with zero attached hydrogens (tertiary/aromatic N) is 2. The highest BCUT2D eigenvalue weighted by Crippen LogP contribution is 2.31. The maximum absolute atomic E-state index is 9.07. The fourth-order valence-corrected chi connectivity index (χ4v) is 2.13. The van der Waals surface area contributed by atoms with Crippen LogP contribution in [0.4, 0.5) is 11.4 Å². The van der Waals surface area contributed by atoms with Gasteiger partial charge >= 0.3 is 0 Å². The molecule has 1 aliphatic heterocycles. The van der Waals surface area contributed by atoms with Gasteiger partial charge in [-0.2, -0.15) is 0 Å². The average Bonchev–Trinajstić information content (AvgIpc) is 2.27. The summed E-state index contributed by atoms with van der Waals surface area (Å²) in [4.78, 5) is 6.21. The van der Waals surface area contributed by atoms with Crippen LogP contribution in [0.3, 0.4) is 0 Å². The number of hydrogen-bond acceptors (Lipinski definition) is 4. The second kappa shape index (κ2) is 4.91. The summed E-state index contributed by atoms with van der Waals surface area (Å²) >= 11 is 5.56. The smallest absolute Gasteiger partial charge is 0.193 e. The van der Waals surface area contributed by atoms with Crippen molar-refractivity contribution in [2.45, 2.75) is 13.0 Å². The van der Waals surface area contributed by atoms with E-state index in [-0.39, 0.29) is 5.29 Å². The standard InChI is InChI=1S/C11H15ClN4O/c1-16-3-2-7-4-10(15-17)9(14-11(12)13)5-8(7)6-16/h4-5,15,17H,2-3,6H2,1H3,(H2,13,14). The van der Waals surface area contributed by atoms with Crippen molar-refractivity contribution < 1.29 is 5.21 Å². The van der Waals surface area contributed by atoms with Crippen molar-refractivity contribution in [1.29, 1.82) is 0 Å². The van der Waals surface area contributed by atoms with Gasteiger partial charge < -0.3 is 10.6 Å². The molecule has 0 aromatic heterocycles. The zero-order valence-corrected chi connectivity index (χ0v) is 10.3. The minimum Gasteiger partial charge on any atom is -0.374 e. The Hall–Kier alpha value is -1.30. The van der Waals surface area contributed by atoms with Crippen LogP contribution in [-0.2, 0) is 13.0 Å². The quantitative estimate of drug-likeness (QED) is 0.325. The molecule has 0 radical (unpaired) electrons. The number of halogens is 1. The molecule has 0 atom stereocenters. The lowest BCUT2D eigenvalue weighted by Crippen LogP contribution is -2.26. The predicted octanol–water partition coefficient (Wildman–Crippen LogP) is 1.66. The van der Waals surface area contributed by atoms with E-state index in [0.29, 0.717) is 11.4 Å². The number of rotatable bonds is 2. The van der Waals surface area contributed by atoms with Gasteiger partial charge in [-0.05, 0) is 48.3 Å². The molecule has 0 saturated heterocycles. The van der Waals surface area contributed by atoms with Crippen molar-refractivity contribution in [2.75, 3.05) is 19.1 Å². The summed E-state index contributed by atoms with van der Waals surface area (Å²) in [6.07, 6.45) is 0.959. The number of nitrogens with one attached hydrogen (secondary N) is 1. The molecule has 0 bridgehead atoms. The number of hydrogen-bond donors (Lipinski definition) is 3. The molecule has 0 aliphatic carbocycles. The van der Waals surface area contributed by atoms with Crippen LogP contribution in [0.1, 0.15) is 11.1 Å². The zero-order valence-electron chi connectivity index (χ0n) is 9.57. The molecule has 6 heteroatoms. The largest absolute Gasteiger partial charge is 0.374 e. The molecule has 2 rings (SSSR count). The lowest BCUT2D eigenvalue weighted by Gasteiger charge is -2.25. The van der Waals surface area contributed by atoms with E-state index in [1.165, 1.54) is 11.1 Å². The van der Waals surface area contributed by atoms with Gasteiger partial charge in [0.1, 0.15) is 0 Å². The highest BCUT2D eigenvalue weighted by molar-refractivity contribution is 6.64. The molecule has 1 aliphatic rings. The van der Waals surface area contributed by atoms with E-state index >= 15 is 0 Å². The van der Waals surface area contributed by atoms with E-state index in [1.807, 2.05) is 12.1 Å². The number of benzene rings is 1. The Morgan fingerprint density at radius 1 is 1.53 bits per heavy atom. The average molecular weight is 255 g/mol. The molecule has 1 aromatic rings. The summed E-state index contributed by atoms with van der Waals surface area (Å²) in [7, 11) is 2.07. The predicted molar refractivity (Wildman–Crippen MR) is 69.0 cm³/mol. The van der Waals surface area contributed by atoms with E-state index in [4.69, 9.17) is 22.5 Å². The van der Waals surface area contributed by atoms with Gasteiger partial charge in [-0.25, -0.2) is 4.99 Å². The van der Waals surface area contributed by atoms with Crippen molar-refractivity contribution in [1.82, 2.24) is 4.90 Å². The third-order valence-corrected chi connectivity index (χ3v) is 2.95. The first-order chi connectivity index (χ1) is 8.10. The van der Waals surface area contributed by atoms with Crippen LogP contribution >= 0.6 is 11.6 Å². The maximum atomic E-state index is 9.07. The summed E-state index contributed by atoms with van der Waals surface area (Å²) in [5, 5.41) is 9.02. The lowest BCUT2D eigenvalue weighted by molar-refractivity contribution is 0.313. The van der Waals surface area contributed by atoms with Gasteiger partial charge in [-0.1, -0.05) is 0 Å². The third-order valence-electron chi connectivity index (χ3n) is 2.87. The second-order valence-corrected chi connectivity index (χ2v) is 4.56. The molecular formula is C11H15ClN4O. The van der Waals surface area contributed by atoms with Crippen molar-refractivity contribution >= 4 is 28.3 Å². The number of fused-ring (bicyclic) bond motifs is 1. The normalized spacial score (nSPS) is 16.8. The molecule has 4 N–H and O–H groups in total. The Bertz CT molecular complexity index is 457. The summed E-state index contributed by atoms with van der Waals surface area (Å²) in [5.41, 5.74) is 11.0. The van der Waals surface area contributed by atoms with E-state index in [0.717, 1.165) is 19.5 Å². The molecule has 5 nitrogen and oxygen atoms in total. The Morgan fingerprint density at radius 2 is 2.29 bits per heavy atom. The molecule has 0 unspecified atom stereocenters. The molecular weight excluding hydrogens is 240 g/mol. The molecule has 1 heterocycles. The Morgan fingerprint density at radius 3 is 2.94 bits per heavy atom. The van der Waals surface area contributed by atoms with E-state index < -0.39 is 0 Å². The maximum Gasteiger partial charge on any atom is 0.193 e. The number of aliphatic imine (C=N–C) groups is 1. The summed E-state index contributed by atoms with van der Waals surface area (Å²) < 4.78 is 0. The van der Waals surface area contributed by atoms with Gasteiger partial charge in [0.05, 0.1) is 11.4 Å². The zero-order chi connectivity index (χ0) is 12.4. The minimum absolute atomic E-state index is 0.0504. The van der Waals surface area contributed by atoms with Crippen LogP contribution in [0.25, 0.3) is 0 Å². The molecule has 0 spiro atoms. The fraction of sp³-hybridized carbons (Fsp3) is 0.364. The van der Waals surface area contributed by atoms with Crippen molar-refractivity contribution in [2.24, 2.45) is 10.7 Å². The Kier molecular flexibility index (Phi) is 3.51. The van der Waals surface area contributed by atoms with Crippen LogP contribution in [-0.4, -0.2) is 29.0 Å². The van der Waals surface area contributed by atoms with Gasteiger partial charge in [-0.15, -0.1) is 0 Å². The monoisotopic (exact) mass is 254 g/mol. The van der Waals surface area contributed by atoms with Crippen LogP contribution < -0.4 is 11.2 Å². The van der Waals surface area contributed by atoms with Crippen molar-refractivity contribution in [3.8, 4) is 0 Å². The molecule has 0 fully saturated rings. The SMILES string of the molecule is CN1CCc2cc(NO)c(N=C(N)Cl)cc2C1. The Balaban J connectivity index is 2.46. The van der Waals surface area contributed by atoms with Gasteiger partial charge in [0, 0.05) is 13.1 Å². The van der Waals surface area contributed by atoms with Crippen LogP contribution in [0.2, 0.25) is 0 Å². The van der Waals surface area contributed by atoms with Crippen LogP contribution in [0.15, 0.2) is 17.1 Å². The van der Waals surface area contributed by atoms with Crippen molar-refractivity contribution in [3.63, 3.8) is 0 Å². The minimum atomic E-state index is -0.0504. The van der Waals surface area contributed by atoms with Crippen LogP contribution in [0, 0.1) is 0 Å². The summed E-state index contributed by atoms with van der Waals surface area (Å²) in [6.45, 7) is 1.88. The molecule has 0 saturated carbocycles. The van der Waals surface area contributed by atoms with E-state index in [1.54, 1.807) is 0 Å². The van der Waals surface area contributed by atoms with Gasteiger partial charge in [-0.3, -0.25) is 10.7 Å². The first-order valence-electron chi connectivity index (χ1n) is 5.34. The lowest BCUT2D eigenvalue weighted by atomic mass is 9.98. The van der Waals surface area contributed by atoms with E-state index in [9.17, 15) is 0 Å². The summed E-state index contributed by atoms with van der Waals surface area (Å²) in [5.74, 6) is 0. The second-order valence-electron chi connectivity index (χ2n) is 4.17.